The molecule has 0 N–H and O–H groups in total. The highest BCUT2D eigenvalue weighted by molar-refractivity contribution is 5.79. The van der Waals surface area contributed by atoms with Crippen LogP contribution in [0, 0.1) is 6.92 Å². The number of aromatic nitrogens is 1. The van der Waals surface area contributed by atoms with Crippen LogP contribution < -0.4 is 4.74 Å². The Balaban J connectivity index is 1.28. The molecule has 156 valence electrons. The summed E-state index contributed by atoms with van der Waals surface area (Å²) in [6.07, 6.45) is 0.402. The smallest absolute Gasteiger partial charge is 0.227 e. The molecule has 0 bridgehead atoms. The highest BCUT2D eigenvalue weighted by Gasteiger charge is 2.22. The Morgan fingerprint density at radius 1 is 1.07 bits per heavy atom. The second kappa shape index (κ2) is 9.13. The molecule has 1 saturated heterocycles. The minimum absolute atomic E-state index is 0.157. The SMILES string of the molecule is COc1cccc(CC(=O)N2CCN(Cc3cc(-c4ccc(C)cc4)no3)CC2)c1. The monoisotopic (exact) mass is 405 g/mol. The normalized spacial score (nSPS) is 14.7. The van der Waals surface area contributed by atoms with Crippen molar-refractivity contribution in [2.45, 2.75) is 19.9 Å². The van der Waals surface area contributed by atoms with Crippen LogP contribution in [0.1, 0.15) is 16.9 Å². The van der Waals surface area contributed by atoms with Crippen LogP contribution in [0.25, 0.3) is 11.3 Å². The molecule has 6 nitrogen and oxygen atoms in total. The number of hydrogen-bond donors (Lipinski definition) is 0. The molecule has 0 spiro atoms. The van der Waals surface area contributed by atoms with Crippen LogP contribution in [0.4, 0.5) is 0 Å². The molecule has 4 rings (SSSR count). The molecule has 1 aromatic heterocycles. The Morgan fingerprint density at radius 3 is 2.57 bits per heavy atom. The number of carbonyl (C=O) groups excluding carboxylic acids is 1. The number of aryl methyl sites for hydroxylation is 1. The molecule has 0 saturated carbocycles. The zero-order valence-corrected chi connectivity index (χ0v) is 17.5. The zero-order chi connectivity index (χ0) is 20.9. The van der Waals surface area contributed by atoms with Crippen LogP contribution in [-0.4, -0.2) is 54.2 Å². The molecular formula is C24H27N3O3. The molecule has 2 aromatic carbocycles. The van der Waals surface area contributed by atoms with Crippen LogP contribution in [0.2, 0.25) is 0 Å². The number of ether oxygens (including phenoxy) is 1. The molecule has 1 aliphatic heterocycles. The lowest BCUT2D eigenvalue weighted by molar-refractivity contribution is -0.132. The van der Waals surface area contributed by atoms with Crippen molar-refractivity contribution in [3.8, 4) is 17.0 Å². The third-order valence-corrected chi connectivity index (χ3v) is 5.50. The molecule has 0 aliphatic carbocycles. The molecule has 3 aromatic rings. The van der Waals surface area contributed by atoms with Crippen LogP contribution in [0.3, 0.4) is 0 Å². The Kier molecular flexibility index (Phi) is 6.14. The van der Waals surface area contributed by atoms with E-state index in [2.05, 4.69) is 41.2 Å². The van der Waals surface area contributed by atoms with Gasteiger partial charge in [-0.2, -0.15) is 0 Å². The number of hydrogen-bond acceptors (Lipinski definition) is 5. The van der Waals surface area contributed by atoms with Gasteiger partial charge in [0.25, 0.3) is 0 Å². The second-order valence-corrected chi connectivity index (χ2v) is 7.73. The van der Waals surface area contributed by atoms with Gasteiger partial charge in [-0.25, -0.2) is 0 Å². The Morgan fingerprint density at radius 2 is 1.83 bits per heavy atom. The Bertz CT molecular complexity index is 989. The predicted octanol–water partition coefficient (Wildman–Crippen LogP) is 3.55. The molecule has 0 radical (unpaired) electrons. The van der Waals surface area contributed by atoms with Gasteiger partial charge in [-0.15, -0.1) is 0 Å². The van der Waals surface area contributed by atoms with Crippen LogP contribution in [-0.2, 0) is 17.8 Å². The highest BCUT2D eigenvalue weighted by Crippen LogP contribution is 2.21. The summed E-state index contributed by atoms with van der Waals surface area (Å²) in [5, 5.41) is 4.21. The van der Waals surface area contributed by atoms with E-state index >= 15 is 0 Å². The maximum absolute atomic E-state index is 12.7. The first-order valence-electron chi connectivity index (χ1n) is 10.3. The van der Waals surface area contributed by atoms with Crippen molar-refractivity contribution >= 4 is 5.91 Å². The fourth-order valence-electron chi connectivity index (χ4n) is 3.69. The van der Waals surface area contributed by atoms with E-state index in [1.807, 2.05) is 35.2 Å². The zero-order valence-electron chi connectivity index (χ0n) is 17.5. The number of amides is 1. The van der Waals surface area contributed by atoms with Gasteiger partial charge in [0, 0.05) is 37.8 Å². The average Bonchev–Trinajstić information content (AvgIpc) is 3.23. The lowest BCUT2D eigenvalue weighted by Gasteiger charge is -2.34. The van der Waals surface area contributed by atoms with Crippen LogP contribution in [0.5, 0.6) is 5.75 Å². The Hall–Kier alpha value is -3.12. The molecule has 0 atom stereocenters. The summed E-state index contributed by atoms with van der Waals surface area (Å²) in [6.45, 7) is 5.87. The van der Waals surface area contributed by atoms with Crippen LogP contribution in [0.15, 0.2) is 59.1 Å². The molecule has 30 heavy (non-hydrogen) atoms. The minimum Gasteiger partial charge on any atom is -0.497 e. The van der Waals surface area contributed by atoms with Gasteiger partial charge in [-0.3, -0.25) is 9.69 Å². The summed E-state index contributed by atoms with van der Waals surface area (Å²) in [7, 11) is 1.64. The number of methoxy groups -OCH3 is 1. The minimum atomic E-state index is 0.157. The van der Waals surface area contributed by atoms with Gasteiger partial charge < -0.3 is 14.2 Å². The molecule has 6 heteroatoms. The second-order valence-electron chi connectivity index (χ2n) is 7.73. The quantitative estimate of drug-likeness (QED) is 0.628. The van der Waals surface area contributed by atoms with Gasteiger partial charge in [0.1, 0.15) is 11.4 Å². The van der Waals surface area contributed by atoms with E-state index < -0.39 is 0 Å². The summed E-state index contributed by atoms with van der Waals surface area (Å²) in [5.74, 6) is 1.79. The summed E-state index contributed by atoms with van der Waals surface area (Å²) in [6, 6.07) is 18.0. The summed E-state index contributed by atoms with van der Waals surface area (Å²) in [5.41, 5.74) is 4.12. The van der Waals surface area contributed by atoms with Gasteiger partial charge in [0.05, 0.1) is 20.1 Å². The average molecular weight is 405 g/mol. The molecule has 1 amide bonds. The molecule has 1 aliphatic rings. The number of carbonyl (C=O) groups is 1. The molecule has 0 unspecified atom stereocenters. The van der Waals surface area contributed by atoms with E-state index in [0.717, 1.165) is 54.5 Å². The summed E-state index contributed by atoms with van der Waals surface area (Å²) < 4.78 is 10.8. The van der Waals surface area contributed by atoms with Gasteiger partial charge in [-0.1, -0.05) is 47.1 Å². The van der Waals surface area contributed by atoms with E-state index in [1.165, 1.54) is 5.56 Å². The largest absolute Gasteiger partial charge is 0.497 e. The van der Waals surface area contributed by atoms with Crippen molar-refractivity contribution in [1.29, 1.82) is 0 Å². The number of rotatable bonds is 6. The maximum Gasteiger partial charge on any atom is 0.227 e. The van der Waals surface area contributed by atoms with E-state index in [1.54, 1.807) is 7.11 Å². The fraction of sp³-hybridized carbons (Fsp3) is 0.333. The molecule has 1 fully saturated rings. The third-order valence-electron chi connectivity index (χ3n) is 5.50. The first-order chi connectivity index (χ1) is 14.6. The van der Waals surface area contributed by atoms with Gasteiger partial charge in [-0.05, 0) is 24.6 Å². The third kappa shape index (κ3) is 4.89. The highest BCUT2D eigenvalue weighted by atomic mass is 16.5. The first-order valence-corrected chi connectivity index (χ1v) is 10.3. The van der Waals surface area contributed by atoms with Gasteiger partial charge in [0.2, 0.25) is 5.91 Å². The van der Waals surface area contributed by atoms with Crippen molar-refractivity contribution in [1.82, 2.24) is 15.0 Å². The number of benzene rings is 2. The van der Waals surface area contributed by atoms with Crippen molar-refractivity contribution in [2.75, 3.05) is 33.3 Å². The fourth-order valence-corrected chi connectivity index (χ4v) is 3.69. The van der Waals surface area contributed by atoms with E-state index in [9.17, 15) is 4.79 Å². The predicted molar refractivity (Wildman–Crippen MR) is 115 cm³/mol. The Labute approximate surface area is 177 Å². The molecular weight excluding hydrogens is 378 g/mol. The van der Waals surface area contributed by atoms with Crippen molar-refractivity contribution in [2.24, 2.45) is 0 Å². The lowest BCUT2D eigenvalue weighted by atomic mass is 10.1. The lowest BCUT2D eigenvalue weighted by Crippen LogP contribution is -2.48. The van der Waals surface area contributed by atoms with Crippen molar-refractivity contribution < 1.29 is 14.1 Å². The topological polar surface area (TPSA) is 58.8 Å². The maximum atomic E-state index is 12.7. The van der Waals surface area contributed by atoms with Crippen LogP contribution >= 0.6 is 0 Å². The first kappa shape index (κ1) is 20.2. The van der Waals surface area contributed by atoms with Crippen molar-refractivity contribution in [3.05, 3.63) is 71.5 Å². The van der Waals surface area contributed by atoms with Crippen molar-refractivity contribution in [3.63, 3.8) is 0 Å². The van der Waals surface area contributed by atoms with Gasteiger partial charge >= 0.3 is 0 Å². The molecule has 2 heterocycles. The number of nitrogens with zero attached hydrogens (tertiary/aromatic N) is 3. The number of piperazine rings is 1. The summed E-state index contributed by atoms with van der Waals surface area (Å²) in [4.78, 5) is 16.9. The van der Waals surface area contributed by atoms with Gasteiger partial charge in [0.15, 0.2) is 5.76 Å². The van der Waals surface area contributed by atoms with E-state index in [-0.39, 0.29) is 5.91 Å². The summed E-state index contributed by atoms with van der Waals surface area (Å²) >= 11 is 0. The van der Waals surface area contributed by atoms with E-state index in [0.29, 0.717) is 13.0 Å². The van der Waals surface area contributed by atoms with E-state index in [4.69, 9.17) is 9.26 Å². The standard InChI is InChI=1S/C24H27N3O3/c1-18-6-8-20(9-7-18)23-16-22(30-25-23)17-26-10-12-27(13-11-26)24(28)15-19-4-3-5-21(14-19)29-2/h3-9,14,16H,10-13,15,17H2,1-2H3.